The Morgan fingerprint density at radius 3 is 2.50 bits per heavy atom. The minimum atomic E-state index is -4.41. The van der Waals surface area contributed by atoms with Crippen LogP contribution in [-0.4, -0.2) is 51.8 Å². The summed E-state index contributed by atoms with van der Waals surface area (Å²) >= 11 is 0. The number of alkyl halides is 3. The van der Waals surface area contributed by atoms with Gasteiger partial charge in [-0.2, -0.15) is 13.2 Å². The summed E-state index contributed by atoms with van der Waals surface area (Å²) in [6, 6.07) is 1.77. The number of piperidine rings is 1. The highest BCUT2D eigenvalue weighted by Crippen LogP contribution is 2.58. The van der Waals surface area contributed by atoms with Gasteiger partial charge in [0.1, 0.15) is 5.82 Å². The van der Waals surface area contributed by atoms with Crippen molar-refractivity contribution in [1.82, 2.24) is 19.4 Å². The van der Waals surface area contributed by atoms with Crippen LogP contribution in [0.3, 0.4) is 0 Å². The lowest BCUT2D eigenvalue weighted by molar-refractivity contribution is -0.138. The molecule has 6 rings (SSSR count). The molecule has 1 unspecified atom stereocenters. The third-order valence-corrected chi connectivity index (χ3v) is 7.30. The van der Waals surface area contributed by atoms with Gasteiger partial charge in [-0.25, -0.2) is 4.98 Å². The molecule has 0 aromatic carbocycles. The summed E-state index contributed by atoms with van der Waals surface area (Å²) in [6.07, 6.45) is 1.51. The van der Waals surface area contributed by atoms with Crippen molar-refractivity contribution in [1.29, 1.82) is 0 Å². The van der Waals surface area contributed by atoms with Crippen LogP contribution >= 0.6 is 0 Å². The number of aromatic nitrogens is 3. The average molecular weight is 418 g/mol. The molecular formula is C22H25F3N4O. The number of hydrogen-bond acceptors (Lipinski definition) is 4. The second-order valence-corrected chi connectivity index (χ2v) is 9.43. The molecule has 2 aliphatic carbocycles. The minimum Gasteiger partial charge on any atom is -0.378 e. The predicted molar refractivity (Wildman–Crippen MR) is 104 cm³/mol. The largest absolute Gasteiger partial charge is 0.418 e. The molecule has 30 heavy (non-hydrogen) atoms. The average Bonchev–Trinajstić information content (AvgIpc) is 3.48. The maximum absolute atomic E-state index is 13.4. The lowest BCUT2D eigenvalue weighted by Gasteiger charge is -2.35. The molecule has 2 saturated carbocycles. The van der Waals surface area contributed by atoms with E-state index in [1.165, 1.54) is 32.0 Å². The van der Waals surface area contributed by atoms with Crippen LogP contribution < -0.4 is 0 Å². The molecule has 0 bridgehead atoms. The van der Waals surface area contributed by atoms with Gasteiger partial charge in [0.05, 0.1) is 30.5 Å². The molecule has 8 heteroatoms. The molecule has 4 aliphatic rings. The molecule has 2 aliphatic heterocycles. The van der Waals surface area contributed by atoms with Crippen LogP contribution in [0.1, 0.15) is 35.8 Å². The zero-order valence-corrected chi connectivity index (χ0v) is 16.9. The number of halogens is 3. The van der Waals surface area contributed by atoms with Crippen molar-refractivity contribution in [2.24, 2.45) is 17.8 Å². The van der Waals surface area contributed by atoms with Crippen LogP contribution in [0.4, 0.5) is 13.2 Å². The smallest absolute Gasteiger partial charge is 0.378 e. The van der Waals surface area contributed by atoms with Gasteiger partial charge < -0.3 is 9.30 Å². The van der Waals surface area contributed by atoms with E-state index in [0.717, 1.165) is 38.7 Å². The summed E-state index contributed by atoms with van der Waals surface area (Å²) in [7, 11) is 0. The van der Waals surface area contributed by atoms with Crippen LogP contribution in [0.5, 0.6) is 0 Å². The van der Waals surface area contributed by atoms with E-state index in [9.17, 15) is 13.2 Å². The lowest BCUT2D eigenvalue weighted by atomic mass is 10.1. The molecule has 0 radical (unpaired) electrons. The fourth-order valence-electron chi connectivity index (χ4n) is 5.19. The quantitative estimate of drug-likeness (QED) is 0.742. The first-order chi connectivity index (χ1) is 14.4. The second kappa shape index (κ2) is 6.53. The zero-order chi connectivity index (χ0) is 20.6. The van der Waals surface area contributed by atoms with E-state index in [-0.39, 0.29) is 5.69 Å². The molecule has 5 nitrogen and oxygen atoms in total. The number of imidazole rings is 1. The Kier molecular flexibility index (Phi) is 4.10. The standard InChI is InChI=1S/C22H25F3N4O/c1-12-18(22(23,24)25)4-14(5-26-12)19-9-29(6-13-2-3-13)21(27-19)20-16-7-28(8-17(16)20)15-10-30-11-15/h4-5,9,13,15-17,20H,2-3,6-8,10-11H2,1H3/t16-,17+,20?. The molecule has 2 saturated heterocycles. The number of nitrogens with zero attached hydrogens (tertiary/aromatic N) is 4. The van der Waals surface area contributed by atoms with Crippen molar-refractivity contribution >= 4 is 0 Å². The van der Waals surface area contributed by atoms with E-state index >= 15 is 0 Å². The van der Waals surface area contributed by atoms with Gasteiger partial charge in [-0.1, -0.05) is 0 Å². The maximum atomic E-state index is 13.4. The maximum Gasteiger partial charge on any atom is 0.418 e. The molecule has 3 atom stereocenters. The molecule has 4 fully saturated rings. The summed E-state index contributed by atoms with van der Waals surface area (Å²) < 4.78 is 47.6. The van der Waals surface area contributed by atoms with Crippen LogP contribution in [-0.2, 0) is 17.5 Å². The van der Waals surface area contributed by atoms with E-state index in [2.05, 4.69) is 14.5 Å². The monoisotopic (exact) mass is 418 g/mol. The van der Waals surface area contributed by atoms with Gasteiger partial charge in [-0.05, 0) is 43.6 Å². The SMILES string of the molecule is Cc1ncc(-c2cn(CC3CC3)c(C3[C@H]4CN(C5COC5)C[C@@H]34)n2)cc1C(F)(F)F. The summed E-state index contributed by atoms with van der Waals surface area (Å²) in [5.41, 5.74) is 0.376. The van der Waals surface area contributed by atoms with E-state index in [1.54, 1.807) is 0 Å². The van der Waals surface area contributed by atoms with Crippen LogP contribution in [0.25, 0.3) is 11.3 Å². The van der Waals surface area contributed by atoms with Gasteiger partial charge in [0.2, 0.25) is 0 Å². The minimum absolute atomic E-state index is 0.000627. The first-order valence-electron chi connectivity index (χ1n) is 10.8. The van der Waals surface area contributed by atoms with Crippen LogP contribution in [0, 0.1) is 24.7 Å². The molecule has 0 spiro atoms. The van der Waals surface area contributed by atoms with Crippen molar-refractivity contribution in [2.45, 2.75) is 44.4 Å². The lowest BCUT2D eigenvalue weighted by Crippen LogP contribution is -2.48. The van der Waals surface area contributed by atoms with Crippen molar-refractivity contribution in [2.75, 3.05) is 26.3 Å². The highest BCUT2D eigenvalue weighted by atomic mass is 19.4. The normalized spacial score (nSPS) is 29.1. The van der Waals surface area contributed by atoms with Crippen molar-refractivity contribution < 1.29 is 17.9 Å². The van der Waals surface area contributed by atoms with Gasteiger partial charge >= 0.3 is 6.18 Å². The number of fused-ring (bicyclic) bond motifs is 1. The third kappa shape index (κ3) is 3.15. The Morgan fingerprint density at radius 1 is 1.17 bits per heavy atom. The van der Waals surface area contributed by atoms with Crippen molar-refractivity contribution in [3.8, 4) is 11.3 Å². The first-order valence-corrected chi connectivity index (χ1v) is 10.8. The third-order valence-electron chi connectivity index (χ3n) is 7.30. The van der Waals surface area contributed by atoms with Crippen molar-refractivity contribution in [3.63, 3.8) is 0 Å². The fraction of sp³-hybridized carbons (Fsp3) is 0.636. The zero-order valence-electron chi connectivity index (χ0n) is 16.9. The summed E-state index contributed by atoms with van der Waals surface area (Å²) in [6.45, 7) is 6.16. The summed E-state index contributed by atoms with van der Waals surface area (Å²) in [5.74, 6) is 3.39. The summed E-state index contributed by atoms with van der Waals surface area (Å²) in [4.78, 5) is 11.4. The highest BCUT2D eigenvalue weighted by molar-refractivity contribution is 5.59. The molecule has 2 aromatic rings. The van der Waals surface area contributed by atoms with E-state index in [0.29, 0.717) is 41.0 Å². The number of ether oxygens (including phenoxy) is 1. The van der Waals surface area contributed by atoms with E-state index in [1.807, 2.05) is 6.20 Å². The first kappa shape index (κ1) is 18.8. The fourth-order valence-corrected chi connectivity index (χ4v) is 5.19. The molecule has 2 aromatic heterocycles. The van der Waals surface area contributed by atoms with E-state index < -0.39 is 11.7 Å². The Bertz CT molecular complexity index is 967. The Balaban J connectivity index is 1.29. The Labute approximate surface area is 173 Å². The summed E-state index contributed by atoms with van der Waals surface area (Å²) in [5, 5.41) is 0. The number of aryl methyl sites for hydroxylation is 1. The number of rotatable bonds is 5. The number of pyridine rings is 1. The molecule has 0 amide bonds. The van der Waals surface area contributed by atoms with Gasteiger partial charge in [0.15, 0.2) is 0 Å². The Hall–Kier alpha value is -1.93. The van der Waals surface area contributed by atoms with Crippen LogP contribution in [0.15, 0.2) is 18.5 Å². The van der Waals surface area contributed by atoms with E-state index in [4.69, 9.17) is 9.72 Å². The van der Waals surface area contributed by atoms with Crippen LogP contribution in [0.2, 0.25) is 0 Å². The number of hydrogen-bond donors (Lipinski definition) is 0. The van der Waals surface area contributed by atoms with Gasteiger partial charge in [0.25, 0.3) is 0 Å². The number of likely N-dealkylation sites (tertiary alicyclic amines) is 1. The van der Waals surface area contributed by atoms with Gasteiger partial charge in [-0.15, -0.1) is 0 Å². The van der Waals surface area contributed by atoms with Crippen molar-refractivity contribution in [3.05, 3.63) is 35.5 Å². The topological polar surface area (TPSA) is 43.2 Å². The Morgan fingerprint density at radius 2 is 1.90 bits per heavy atom. The highest BCUT2D eigenvalue weighted by Gasteiger charge is 2.59. The molecule has 0 N–H and O–H groups in total. The second-order valence-electron chi connectivity index (χ2n) is 9.43. The molecule has 160 valence electrons. The van der Waals surface area contributed by atoms with Gasteiger partial charge in [0, 0.05) is 49.2 Å². The molecular weight excluding hydrogens is 393 g/mol. The molecule has 4 heterocycles. The van der Waals surface area contributed by atoms with Gasteiger partial charge in [-0.3, -0.25) is 9.88 Å². The predicted octanol–water partition coefficient (Wildman–Crippen LogP) is 3.73.